The summed E-state index contributed by atoms with van der Waals surface area (Å²) in [5, 5.41) is 4.27. The van der Waals surface area contributed by atoms with Gasteiger partial charge >= 0.3 is 10.4 Å². The van der Waals surface area contributed by atoms with Crippen molar-refractivity contribution >= 4 is 39.5 Å². The molecule has 5 rings (SSSR count). The summed E-state index contributed by atoms with van der Waals surface area (Å²) in [5.74, 6) is -1.25. The summed E-state index contributed by atoms with van der Waals surface area (Å²) < 4.78 is 36.5. The van der Waals surface area contributed by atoms with E-state index in [9.17, 15) is 22.8 Å². The Morgan fingerprint density at radius 1 is 0.892 bits per heavy atom. The predicted octanol–water partition coefficient (Wildman–Crippen LogP) is 1.87. The maximum absolute atomic E-state index is 13.7. The topological polar surface area (TPSA) is 165 Å². The van der Waals surface area contributed by atoms with Crippen LogP contribution in [0.25, 0.3) is 5.69 Å². The van der Waals surface area contributed by atoms with E-state index in [0.29, 0.717) is 42.9 Å². The lowest BCUT2D eigenvalue weighted by atomic mass is 10.0. The summed E-state index contributed by atoms with van der Waals surface area (Å²) in [6, 6.07) is 12.6. The number of hydrogen-bond acceptors (Lipinski definition) is 7. The van der Waals surface area contributed by atoms with Crippen LogP contribution in [0.1, 0.15) is 45.8 Å². The Kier molecular flexibility index (Phi) is 6.17. The highest BCUT2D eigenvalue weighted by Crippen LogP contribution is 2.31. The number of anilines is 2. The van der Waals surface area contributed by atoms with Crippen LogP contribution in [0.2, 0.25) is 0 Å². The molecule has 12 nitrogen and oxygen atoms in total. The Balaban J connectivity index is 1.47. The molecule has 0 radical (unpaired) electrons. The number of amides is 3. The third-order valence-electron chi connectivity index (χ3n) is 6.33. The van der Waals surface area contributed by atoms with Crippen molar-refractivity contribution in [2.75, 3.05) is 22.9 Å². The number of fused-ring (bicyclic) bond motifs is 1. The van der Waals surface area contributed by atoms with Crippen molar-refractivity contribution in [2.45, 2.75) is 25.7 Å². The van der Waals surface area contributed by atoms with E-state index in [-0.39, 0.29) is 23.0 Å². The second-order valence-electron chi connectivity index (χ2n) is 8.68. The van der Waals surface area contributed by atoms with Crippen molar-refractivity contribution in [1.29, 1.82) is 0 Å². The molecule has 3 N–H and O–H groups in total. The minimum absolute atomic E-state index is 0.0276. The van der Waals surface area contributed by atoms with Crippen molar-refractivity contribution < 1.29 is 31.5 Å². The first-order valence-corrected chi connectivity index (χ1v) is 12.9. The second-order valence-corrected chi connectivity index (χ2v) is 9.70. The van der Waals surface area contributed by atoms with Gasteiger partial charge in [0.15, 0.2) is 5.69 Å². The Morgan fingerprint density at radius 3 is 2.11 bits per heavy atom. The van der Waals surface area contributed by atoms with Crippen LogP contribution < -0.4 is 19.7 Å². The number of benzene rings is 2. The van der Waals surface area contributed by atoms with E-state index in [4.69, 9.17) is 10.3 Å². The van der Waals surface area contributed by atoms with Gasteiger partial charge in [0, 0.05) is 36.4 Å². The van der Waals surface area contributed by atoms with Crippen LogP contribution >= 0.6 is 0 Å². The molecule has 0 atom stereocenters. The quantitative estimate of drug-likeness (QED) is 0.460. The molecule has 2 aromatic carbocycles. The number of primary amides is 1. The Labute approximate surface area is 212 Å². The van der Waals surface area contributed by atoms with Crippen molar-refractivity contribution in [3.63, 3.8) is 0 Å². The molecule has 3 aromatic rings. The Bertz CT molecular complexity index is 1500. The standard InChI is InChI=1S/C24H23N5O7S/c25-23(31)21-19-12-14-28(16-6-4-15(5-7-16)27-13-2-1-3-20(27)30)24(32)22(19)29(26-21)17-8-10-18(11-9-17)36-37(33,34)35/h4-11H,1-3,12-14H2,(H2,25,31)(H,33,34,35). The lowest BCUT2D eigenvalue weighted by molar-refractivity contribution is -0.119. The van der Waals surface area contributed by atoms with Crippen molar-refractivity contribution in [2.24, 2.45) is 5.73 Å². The van der Waals surface area contributed by atoms with Crippen LogP contribution in [-0.2, 0) is 21.6 Å². The highest BCUT2D eigenvalue weighted by Gasteiger charge is 2.34. The van der Waals surface area contributed by atoms with Gasteiger partial charge in [0.05, 0.1) is 5.69 Å². The molecule has 13 heteroatoms. The number of piperidine rings is 1. The van der Waals surface area contributed by atoms with E-state index in [1.54, 1.807) is 34.1 Å². The lowest BCUT2D eigenvalue weighted by Crippen LogP contribution is -2.39. The molecule has 0 spiro atoms. The number of nitrogens with two attached hydrogens (primary N) is 1. The zero-order chi connectivity index (χ0) is 26.3. The average Bonchev–Trinajstić information content (AvgIpc) is 3.25. The molecule has 2 aliphatic rings. The number of aromatic nitrogens is 2. The molecule has 2 aliphatic heterocycles. The molecule has 1 fully saturated rings. The van der Waals surface area contributed by atoms with Gasteiger partial charge in [-0.15, -0.1) is 0 Å². The van der Waals surface area contributed by atoms with E-state index in [2.05, 4.69) is 9.28 Å². The molecule has 0 bridgehead atoms. The molecular weight excluding hydrogens is 502 g/mol. The molecule has 1 aromatic heterocycles. The summed E-state index contributed by atoms with van der Waals surface area (Å²) >= 11 is 0. The summed E-state index contributed by atoms with van der Waals surface area (Å²) in [6.07, 6.45) is 2.67. The zero-order valence-corrected chi connectivity index (χ0v) is 20.3. The van der Waals surface area contributed by atoms with Crippen LogP contribution in [0, 0.1) is 0 Å². The van der Waals surface area contributed by atoms with Crippen molar-refractivity contribution in [3.8, 4) is 11.4 Å². The van der Waals surface area contributed by atoms with Gasteiger partial charge in [0.25, 0.3) is 11.8 Å². The van der Waals surface area contributed by atoms with Gasteiger partial charge in [0.1, 0.15) is 11.4 Å². The van der Waals surface area contributed by atoms with Gasteiger partial charge in [-0.05, 0) is 67.8 Å². The van der Waals surface area contributed by atoms with E-state index in [1.807, 2.05) is 0 Å². The van der Waals surface area contributed by atoms with Crippen LogP contribution in [-0.4, -0.2) is 53.6 Å². The molecule has 192 valence electrons. The fourth-order valence-corrected chi connectivity index (χ4v) is 5.00. The van der Waals surface area contributed by atoms with Gasteiger partial charge in [-0.2, -0.15) is 13.5 Å². The Hall–Kier alpha value is -4.23. The molecule has 3 amide bonds. The minimum Gasteiger partial charge on any atom is -0.364 e. The average molecular weight is 526 g/mol. The number of carbonyl (C=O) groups is 3. The van der Waals surface area contributed by atoms with Crippen molar-refractivity contribution in [1.82, 2.24) is 9.78 Å². The number of rotatable bonds is 6. The number of hydrogen-bond donors (Lipinski definition) is 2. The summed E-state index contributed by atoms with van der Waals surface area (Å²) in [4.78, 5) is 41.3. The second kappa shape index (κ2) is 9.33. The maximum atomic E-state index is 13.7. The van der Waals surface area contributed by atoms with E-state index in [1.165, 1.54) is 28.9 Å². The molecule has 0 unspecified atom stereocenters. The molecule has 0 aliphatic carbocycles. The lowest BCUT2D eigenvalue weighted by Gasteiger charge is -2.29. The summed E-state index contributed by atoms with van der Waals surface area (Å²) in [5.41, 5.74) is 7.81. The van der Waals surface area contributed by atoms with Gasteiger partial charge in [-0.25, -0.2) is 4.68 Å². The van der Waals surface area contributed by atoms with Gasteiger partial charge in [0.2, 0.25) is 5.91 Å². The first kappa shape index (κ1) is 24.5. The molecule has 37 heavy (non-hydrogen) atoms. The monoisotopic (exact) mass is 525 g/mol. The normalized spacial score (nSPS) is 16.0. The fourth-order valence-electron chi connectivity index (χ4n) is 4.65. The molecular formula is C24H23N5O7S. The van der Waals surface area contributed by atoms with Crippen molar-refractivity contribution in [3.05, 3.63) is 65.5 Å². The highest BCUT2D eigenvalue weighted by atomic mass is 32.3. The van der Waals surface area contributed by atoms with Gasteiger partial charge in [-0.3, -0.25) is 18.9 Å². The van der Waals surface area contributed by atoms with Gasteiger partial charge in [-0.1, -0.05) is 0 Å². The SMILES string of the molecule is NC(=O)c1nn(-c2ccc(OS(=O)(=O)O)cc2)c2c1CCN(c1ccc(N3CCCCC3=O)cc1)C2=O. The number of carbonyl (C=O) groups excluding carboxylic acids is 3. The summed E-state index contributed by atoms with van der Waals surface area (Å²) in [6.45, 7) is 0.953. The fraction of sp³-hybridized carbons (Fsp3) is 0.250. The minimum atomic E-state index is -4.70. The third kappa shape index (κ3) is 4.78. The summed E-state index contributed by atoms with van der Waals surface area (Å²) in [7, 11) is -4.70. The van der Waals surface area contributed by atoms with Crippen LogP contribution in [0.5, 0.6) is 5.75 Å². The maximum Gasteiger partial charge on any atom is 0.446 e. The number of nitrogens with zero attached hydrogens (tertiary/aromatic N) is 4. The first-order chi connectivity index (χ1) is 17.6. The van der Waals surface area contributed by atoms with E-state index in [0.717, 1.165) is 18.5 Å². The first-order valence-electron chi connectivity index (χ1n) is 11.5. The van der Waals surface area contributed by atoms with E-state index < -0.39 is 22.2 Å². The predicted molar refractivity (Wildman–Crippen MR) is 132 cm³/mol. The highest BCUT2D eigenvalue weighted by molar-refractivity contribution is 7.81. The molecule has 1 saturated heterocycles. The van der Waals surface area contributed by atoms with Gasteiger partial charge < -0.3 is 19.7 Å². The molecule has 0 saturated carbocycles. The third-order valence-corrected chi connectivity index (χ3v) is 6.73. The largest absolute Gasteiger partial charge is 0.446 e. The van der Waals surface area contributed by atoms with E-state index >= 15 is 0 Å². The zero-order valence-electron chi connectivity index (χ0n) is 19.5. The van der Waals surface area contributed by atoms with Crippen LogP contribution in [0.15, 0.2) is 48.5 Å². The Morgan fingerprint density at radius 2 is 1.51 bits per heavy atom. The molecule has 3 heterocycles. The van der Waals surface area contributed by atoms with Crippen LogP contribution in [0.3, 0.4) is 0 Å². The van der Waals surface area contributed by atoms with Crippen LogP contribution in [0.4, 0.5) is 11.4 Å². The smallest absolute Gasteiger partial charge is 0.364 e.